The molecule has 0 aliphatic carbocycles. The third-order valence-corrected chi connectivity index (χ3v) is 4.05. The topological polar surface area (TPSA) is 33.7 Å². The van der Waals surface area contributed by atoms with Crippen molar-refractivity contribution in [1.82, 2.24) is 4.90 Å². The van der Waals surface area contributed by atoms with Gasteiger partial charge in [0, 0.05) is 31.3 Å². The number of halogens is 1. The van der Waals surface area contributed by atoms with Gasteiger partial charge < -0.3 is 14.8 Å². The molecule has 0 bridgehead atoms. The van der Waals surface area contributed by atoms with Gasteiger partial charge in [-0.2, -0.15) is 0 Å². The summed E-state index contributed by atoms with van der Waals surface area (Å²) in [5.41, 5.74) is 0.879. The van der Waals surface area contributed by atoms with Crippen LogP contribution in [0.5, 0.6) is 11.5 Å². The molecule has 1 saturated heterocycles. The van der Waals surface area contributed by atoms with E-state index in [1.54, 1.807) is 20.3 Å². The molecule has 0 spiro atoms. The molecule has 1 heterocycles. The van der Waals surface area contributed by atoms with Crippen molar-refractivity contribution in [3.8, 4) is 23.8 Å². The molecule has 5 heteroatoms. The maximum absolute atomic E-state index is 6.30. The van der Waals surface area contributed by atoms with E-state index in [1.807, 2.05) is 6.07 Å². The number of benzene rings is 1. The van der Waals surface area contributed by atoms with Gasteiger partial charge in [0.05, 0.1) is 31.5 Å². The molecule has 1 N–H and O–H groups in total. The Balaban J connectivity index is 2.02. The van der Waals surface area contributed by atoms with Crippen LogP contribution in [0.4, 0.5) is 5.69 Å². The summed E-state index contributed by atoms with van der Waals surface area (Å²) >= 11 is 6.30. The number of hydrogen-bond donors (Lipinski definition) is 1. The molecule has 4 nitrogen and oxygen atoms in total. The molecule has 114 valence electrons. The zero-order chi connectivity index (χ0) is 15.2. The quantitative estimate of drug-likeness (QED) is 0.848. The fourth-order valence-corrected chi connectivity index (χ4v) is 2.76. The molecule has 0 aromatic heterocycles. The third kappa shape index (κ3) is 3.96. The highest BCUT2D eigenvalue weighted by atomic mass is 35.5. The zero-order valence-corrected chi connectivity index (χ0v) is 13.2. The molecule has 1 aromatic rings. The van der Waals surface area contributed by atoms with Gasteiger partial charge in [0.25, 0.3) is 0 Å². The Kier molecular flexibility index (Phi) is 5.60. The predicted octanol–water partition coefficient (Wildman–Crippen LogP) is 2.87. The lowest BCUT2D eigenvalue weighted by molar-refractivity contribution is 0.243. The van der Waals surface area contributed by atoms with Crippen LogP contribution in [-0.2, 0) is 0 Å². The van der Waals surface area contributed by atoms with Crippen molar-refractivity contribution in [1.29, 1.82) is 0 Å². The summed E-state index contributed by atoms with van der Waals surface area (Å²) in [6, 6.07) is 4.06. The van der Waals surface area contributed by atoms with Crippen molar-refractivity contribution in [2.24, 2.45) is 0 Å². The molecule has 0 amide bonds. The second-order valence-corrected chi connectivity index (χ2v) is 5.49. The molecule has 0 radical (unpaired) electrons. The summed E-state index contributed by atoms with van der Waals surface area (Å²) in [5, 5.41) is 4.13. The van der Waals surface area contributed by atoms with Crippen LogP contribution >= 0.6 is 11.6 Å². The molecule has 21 heavy (non-hydrogen) atoms. The second kappa shape index (κ2) is 7.44. The Morgan fingerprint density at radius 1 is 1.29 bits per heavy atom. The number of likely N-dealkylation sites (tertiary alicyclic amines) is 1. The molecule has 2 rings (SSSR count). The normalized spacial score (nSPS) is 16.3. The predicted molar refractivity (Wildman–Crippen MR) is 86.5 cm³/mol. The van der Waals surface area contributed by atoms with Crippen molar-refractivity contribution in [2.75, 3.05) is 39.2 Å². The smallest absolute Gasteiger partial charge is 0.162 e. The van der Waals surface area contributed by atoms with Crippen molar-refractivity contribution in [3.63, 3.8) is 0 Å². The number of anilines is 1. The Morgan fingerprint density at radius 2 is 1.90 bits per heavy atom. The van der Waals surface area contributed by atoms with E-state index in [0.717, 1.165) is 38.2 Å². The van der Waals surface area contributed by atoms with Gasteiger partial charge in [0.15, 0.2) is 11.5 Å². The first-order chi connectivity index (χ1) is 10.2. The number of ether oxygens (including phenoxy) is 2. The van der Waals surface area contributed by atoms with Crippen molar-refractivity contribution in [3.05, 3.63) is 17.2 Å². The molecule has 0 saturated carbocycles. The van der Waals surface area contributed by atoms with Gasteiger partial charge in [0.1, 0.15) is 0 Å². The molecule has 1 aromatic carbocycles. The Labute approximate surface area is 131 Å². The Bertz CT molecular complexity index is 520. The summed E-state index contributed by atoms with van der Waals surface area (Å²) < 4.78 is 10.6. The Hall–Kier alpha value is -1.57. The first kappa shape index (κ1) is 15.8. The Morgan fingerprint density at radius 3 is 2.48 bits per heavy atom. The fraction of sp³-hybridized carbons (Fsp3) is 0.500. The van der Waals surface area contributed by atoms with E-state index in [0.29, 0.717) is 22.6 Å². The van der Waals surface area contributed by atoms with Gasteiger partial charge in [-0.05, 0) is 12.8 Å². The lowest BCUT2D eigenvalue weighted by Gasteiger charge is -2.32. The van der Waals surface area contributed by atoms with Crippen molar-refractivity contribution in [2.45, 2.75) is 18.9 Å². The monoisotopic (exact) mass is 308 g/mol. The highest BCUT2D eigenvalue weighted by molar-refractivity contribution is 6.33. The maximum Gasteiger partial charge on any atom is 0.162 e. The third-order valence-electron chi connectivity index (χ3n) is 3.74. The van der Waals surface area contributed by atoms with E-state index in [-0.39, 0.29) is 0 Å². The first-order valence-corrected chi connectivity index (χ1v) is 7.39. The van der Waals surface area contributed by atoms with Gasteiger partial charge in [-0.1, -0.05) is 17.5 Å². The summed E-state index contributed by atoms with van der Waals surface area (Å²) in [6.45, 7) is 2.74. The SMILES string of the molecule is C#CCN1CCC(Nc2cc(OC)c(OC)cc2Cl)CC1. The van der Waals surface area contributed by atoms with Crippen LogP contribution in [0.3, 0.4) is 0 Å². The van der Waals surface area contributed by atoms with E-state index in [1.165, 1.54) is 0 Å². The zero-order valence-electron chi connectivity index (χ0n) is 12.5. The van der Waals surface area contributed by atoms with Gasteiger partial charge in [-0.3, -0.25) is 4.90 Å². The number of nitrogens with zero attached hydrogens (tertiary/aromatic N) is 1. The lowest BCUT2D eigenvalue weighted by Crippen LogP contribution is -2.39. The number of terminal acetylenes is 1. The van der Waals surface area contributed by atoms with Crippen molar-refractivity contribution >= 4 is 17.3 Å². The number of hydrogen-bond acceptors (Lipinski definition) is 4. The molecule has 1 aliphatic heterocycles. The van der Waals surface area contributed by atoms with E-state index in [4.69, 9.17) is 27.5 Å². The molecule has 1 aliphatic rings. The number of rotatable bonds is 5. The number of piperidine rings is 1. The molecule has 0 unspecified atom stereocenters. The van der Waals surface area contributed by atoms with E-state index in [9.17, 15) is 0 Å². The van der Waals surface area contributed by atoms with Crippen LogP contribution in [0.25, 0.3) is 0 Å². The van der Waals surface area contributed by atoms with Crippen LogP contribution in [0.1, 0.15) is 12.8 Å². The minimum atomic E-state index is 0.398. The van der Waals surface area contributed by atoms with E-state index in [2.05, 4.69) is 16.1 Å². The molecule has 0 atom stereocenters. The van der Waals surface area contributed by atoms with Crippen LogP contribution in [0, 0.1) is 12.3 Å². The lowest BCUT2D eigenvalue weighted by atomic mass is 10.0. The summed E-state index contributed by atoms with van der Waals surface area (Å²) in [5.74, 6) is 4.00. The van der Waals surface area contributed by atoms with Crippen LogP contribution in [0.2, 0.25) is 5.02 Å². The van der Waals surface area contributed by atoms with Gasteiger partial charge in [0.2, 0.25) is 0 Å². The summed E-state index contributed by atoms with van der Waals surface area (Å²) in [7, 11) is 3.22. The first-order valence-electron chi connectivity index (χ1n) is 7.01. The highest BCUT2D eigenvalue weighted by Gasteiger charge is 2.20. The largest absolute Gasteiger partial charge is 0.493 e. The summed E-state index contributed by atoms with van der Waals surface area (Å²) in [4.78, 5) is 2.29. The van der Waals surface area contributed by atoms with Gasteiger partial charge >= 0.3 is 0 Å². The van der Waals surface area contributed by atoms with Crippen LogP contribution in [-0.4, -0.2) is 44.8 Å². The molecular formula is C16H21ClN2O2. The maximum atomic E-state index is 6.30. The van der Waals surface area contributed by atoms with E-state index >= 15 is 0 Å². The van der Waals surface area contributed by atoms with Crippen LogP contribution in [0.15, 0.2) is 12.1 Å². The number of nitrogens with one attached hydrogen (secondary N) is 1. The summed E-state index contributed by atoms with van der Waals surface area (Å²) in [6.07, 6.45) is 7.44. The second-order valence-electron chi connectivity index (χ2n) is 5.09. The average molecular weight is 309 g/mol. The van der Waals surface area contributed by atoms with Gasteiger partial charge in [-0.25, -0.2) is 0 Å². The number of methoxy groups -OCH3 is 2. The molecular weight excluding hydrogens is 288 g/mol. The average Bonchev–Trinajstić information content (AvgIpc) is 2.51. The van der Waals surface area contributed by atoms with Gasteiger partial charge in [-0.15, -0.1) is 6.42 Å². The fourth-order valence-electron chi connectivity index (χ4n) is 2.55. The minimum absolute atomic E-state index is 0.398. The van der Waals surface area contributed by atoms with Crippen LogP contribution < -0.4 is 14.8 Å². The molecule has 1 fully saturated rings. The highest BCUT2D eigenvalue weighted by Crippen LogP contribution is 2.36. The van der Waals surface area contributed by atoms with E-state index < -0.39 is 0 Å². The minimum Gasteiger partial charge on any atom is -0.493 e. The van der Waals surface area contributed by atoms with Crippen molar-refractivity contribution < 1.29 is 9.47 Å². The standard InChI is InChI=1S/C16H21ClN2O2/c1-4-7-19-8-5-12(6-9-19)18-14-11-16(21-3)15(20-2)10-13(14)17/h1,10-12,18H,5-9H2,2-3H3.